The van der Waals surface area contributed by atoms with Crippen LogP contribution in [0.25, 0.3) is 10.2 Å². The van der Waals surface area contributed by atoms with E-state index in [2.05, 4.69) is 10.3 Å². The topological polar surface area (TPSA) is 67.2 Å². The number of fused-ring (bicyclic) bond motifs is 1. The molecular weight excluding hydrogens is 396 g/mol. The van der Waals surface area contributed by atoms with Crippen LogP contribution >= 0.6 is 22.9 Å². The van der Waals surface area contributed by atoms with Crippen LogP contribution in [0, 0.1) is 0 Å². The third kappa shape index (κ3) is 4.54. The van der Waals surface area contributed by atoms with E-state index in [1.807, 2.05) is 42.3 Å². The van der Waals surface area contributed by atoms with Gasteiger partial charge in [-0.1, -0.05) is 23.7 Å². The fourth-order valence-corrected chi connectivity index (χ4v) is 3.89. The lowest BCUT2D eigenvalue weighted by atomic mass is 10.2. The summed E-state index contributed by atoms with van der Waals surface area (Å²) in [5.74, 6) is 0.505. The van der Waals surface area contributed by atoms with E-state index >= 15 is 0 Å². The zero-order valence-corrected chi connectivity index (χ0v) is 17.5. The second-order valence-electron chi connectivity index (χ2n) is 6.33. The molecule has 0 aliphatic carbocycles. The highest BCUT2D eigenvalue weighted by atomic mass is 35.5. The molecule has 6 nitrogen and oxygen atoms in total. The molecule has 1 amide bonds. The number of nitrogens with zero attached hydrogens (tertiary/aromatic N) is 3. The van der Waals surface area contributed by atoms with Crippen LogP contribution in [0.3, 0.4) is 0 Å². The van der Waals surface area contributed by atoms with Crippen LogP contribution in [0.2, 0.25) is 5.02 Å². The lowest BCUT2D eigenvalue weighted by Crippen LogP contribution is -2.34. The largest absolute Gasteiger partial charge is 0.352 e. The third-order valence-electron chi connectivity index (χ3n) is 4.56. The number of carbonyl (C=O) groups excluding carboxylic acids is 1. The molecule has 0 bridgehead atoms. The molecule has 2 heterocycles. The molecule has 0 atom stereocenters. The van der Waals surface area contributed by atoms with E-state index in [1.165, 1.54) is 11.3 Å². The third-order valence-corrected chi connectivity index (χ3v) is 5.70. The molecule has 0 aliphatic heterocycles. The first kappa shape index (κ1) is 20.4. The van der Waals surface area contributed by atoms with Gasteiger partial charge in [-0.05, 0) is 43.0 Å². The maximum absolute atomic E-state index is 12.9. The molecule has 1 aromatic carbocycles. The molecule has 28 heavy (non-hydrogen) atoms. The van der Waals surface area contributed by atoms with Crippen molar-refractivity contribution in [1.82, 2.24) is 14.9 Å². The Balaban J connectivity index is 1.74. The zero-order chi connectivity index (χ0) is 20.1. The monoisotopic (exact) mass is 418 g/mol. The van der Waals surface area contributed by atoms with Crippen molar-refractivity contribution < 1.29 is 4.79 Å². The molecule has 8 heteroatoms. The Kier molecular flexibility index (Phi) is 6.70. The Hall–Kier alpha value is -2.38. The Morgan fingerprint density at radius 3 is 2.61 bits per heavy atom. The SMILES string of the molecule is CCN(CC)c1nc2ccsc2c(=O)n1CCC(=O)NCc1ccc(Cl)cc1. The van der Waals surface area contributed by atoms with E-state index in [-0.39, 0.29) is 24.4 Å². The minimum Gasteiger partial charge on any atom is -0.352 e. The van der Waals surface area contributed by atoms with Gasteiger partial charge in [0.15, 0.2) is 0 Å². The number of carbonyl (C=O) groups is 1. The molecule has 0 radical (unpaired) electrons. The van der Waals surface area contributed by atoms with Gasteiger partial charge in [0.25, 0.3) is 5.56 Å². The van der Waals surface area contributed by atoms with Gasteiger partial charge >= 0.3 is 0 Å². The van der Waals surface area contributed by atoms with Gasteiger partial charge in [0.1, 0.15) is 4.70 Å². The fourth-order valence-electron chi connectivity index (χ4n) is 2.99. The number of hydrogen-bond donors (Lipinski definition) is 1. The lowest BCUT2D eigenvalue weighted by Gasteiger charge is -2.23. The molecule has 0 saturated carbocycles. The molecule has 0 aliphatic rings. The number of thiophene rings is 1. The molecular formula is C20H23ClN4O2S. The summed E-state index contributed by atoms with van der Waals surface area (Å²) in [7, 11) is 0. The smallest absolute Gasteiger partial charge is 0.272 e. The molecule has 3 aromatic rings. The quantitative estimate of drug-likeness (QED) is 0.606. The number of benzene rings is 1. The van der Waals surface area contributed by atoms with Crippen molar-refractivity contribution >= 4 is 45.0 Å². The van der Waals surface area contributed by atoms with E-state index in [1.54, 1.807) is 16.7 Å². The van der Waals surface area contributed by atoms with Crippen molar-refractivity contribution in [3.05, 3.63) is 56.7 Å². The van der Waals surface area contributed by atoms with Crippen LogP contribution in [0.4, 0.5) is 5.95 Å². The van der Waals surface area contributed by atoms with Gasteiger partial charge in [-0.3, -0.25) is 14.2 Å². The second-order valence-corrected chi connectivity index (χ2v) is 7.68. The molecule has 0 fully saturated rings. The van der Waals surface area contributed by atoms with Crippen molar-refractivity contribution in [2.45, 2.75) is 33.4 Å². The molecule has 3 rings (SSSR count). The molecule has 0 unspecified atom stereocenters. The van der Waals surface area contributed by atoms with Gasteiger partial charge in [0.2, 0.25) is 11.9 Å². The number of nitrogens with one attached hydrogen (secondary N) is 1. The highest BCUT2D eigenvalue weighted by Gasteiger charge is 2.16. The standard InChI is InChI=1S/C20H23ClN4O2S/c1-3-24(4-2)20-23-16-10-12-28-18(16)19(27)25(20)11-9-17(26)22-13-14-5-7-15(21)8-6-14/h5-8,10,12H,3-4,9,11,13H2,1-2H3,(H,22,26). The van der Waals surface area contributed by atoms with E-state index in [0.717, 1.165) is 18.7 Å². The normalized spacial score (nSPS) is 11.0. The first-order chi connectivity index (χ1) is 13.5. The van der Waals surface area contributed by atoms with Crippen molar-refractivity contribution in [1.29, 1.82) is 0 Å². The van der Waals surface area contributed by atoms with Crippen LogP contribution in [-0.4, -0.2) is 28.5 Å². The van der Waals surface area contributed by atoms with Crippen molar-refractivity contribution in [2.75, 3.05) is 18.0 Å². The summed E-state index contributed by atoms with van der Waals surface area (Å²) in [6, 6.07) is 9.19. The van der Waals surface area contributed by atoms with Gasteiger partial charge in [0, 0.05) is 37.6 Å². The van der Waals surface area contributed by atoms with Gasteiger partial charge in [-0.2, -0.15) is 0 Å². The highest BCUT2D eigenvalue weighted by molar-refractivity contribution is 7.17. The summed E-state index contributed by atoms with van der Waals surface area (Å²) in [5, 5.41) is 5.42. The summed E-state index contributed by atoms with van der Waals surface area (Å²) >= 11 is 7.26. The minimum atomic E-state index is -0.112. The average Bonchev–Trinajstić information content (AvgIpc) is 3.17. The Morgan fingerprint density at radius 2 is 1.93 bits per heavy atom. The van der Waals surface area contributed by atoms with Gasteiger partial charge < -0.3 is 10.2 Å². The van der Waals surface area contributed by atoms with Crippen molar-refractivity contribution in [2.24, 2.45) is 0 Å². The minimum absolute atomic E-state index is 0.0904. The Bertz CT molecular complexity index is 1010. The summed E-state index contributed by atoms with van der Waals surface area (Å²) < 4.78 is 2.24. The molecule has 1 N–H and O–H groups in total. The highest BCUT2D eigenvalue weighted by Crippen LogP contribution is 2.19. The van der Waals surface area contributed by atoms with Crippen LogP contribution in [0.5, 0.6) is 0 Å². The first-order valence-corrected chi connectivity index (χ1v) is 10.5. The molecule has 0 saturated heterocycles. The maximum atomic E-state index is 12.9. The average molecular weight is 419 g/mol. The van der Waals surface area contributed by atoms with Crippen LogP contribution in [-0.2, 0) is 17.9 Å². The maximum Gasteiger partial charge on any atom is 0.272 e. The van der Waals surface area contributed by atoms with Crippen LogP contribution < -0.4 is 15.8 Å². The van der Waals surface area contributed by atoms with E-state index in [4.69, 9.17) is 11.6 Å². The zero-order valence-electron chi connectivity index (χ0n) is 15.9. The van der Waals surface area contributed by atoms with Gasteiger partial charge in [0.05, 0.1) is 5.52 Å². The molecule has 0 spiro atoms. The molecule has 2 aromatic heterocycles. The van der Waals surface area contributed by atoms with E-state index < -0.39 is 0 Å². The Morgan fingerprint density at radius 1 is 1.21 bits per heavy atom. The summed E-state index contributed by atoms with van der Waals surface area (Å²) in [4.78, 5) is 32.0. The number of aromatic nitrogens is 2. The number of halogens is 1. The van der Waals surface area contributed by atoms with Crippen LogP contribution in [0.1, 0.15) is 25.8 Å². The number of anilines is 1. The first-order valence-electron chi connectivity index (χ1n) is 9.27. The summed E-state index contributed by atoms with van der Waals surface area (Å²) in [6.07, 6.45) is 0.209. The predicted molar refractivity (Wildman–Crippen MR) is 115 cm³/mol. The summed E-state index contributed by atoms with van der Waals surface area (Å²) in [6.45, 7) is 6.24. The van der Waals surface area contributed by atoms with E-state index in [0.29, 0.717) is 27.7 Å². The van der Waals surface area contributed by atoms with Gasteiger partial charge in [-0.15, -0.1) is 11.3 Å². The number of hydrogen-bond acceptors (Lipinski definition) is 5. The second kappa shape index (κ2) is 9.21. The van der Waals surface area contributed by atoms with Crippen LogP contribution in [0.15, 0.2) is 40.5 Å². The number of rotatable bonds is 8. The van der Waals surface area contributed by atoms with Gasteiger partial charge in [-0.25, -0.2) is 4.98 Å². The van der Waals surface area contributed by atoms with Crippen molar-refractivity contribution in [3.8, 4) is 0 Å². The molecule has 148 valence electrons. The fraction of sp³-hybridized carbons (Fsp3) is 0.350. The summed E-state index contributed by atoms with van der Waals surface area (Å²) in [5.41, 5.74) is 1.59. The van der Waals surface area contributed by atoms with E-state index in [9.17, 15) is 9.59 Å². The van der Waals surface area contributed by atoms with Crippen molar-refractivity contribution in [3.63, 3.8) is 0 Å². The Labute approximate surface area is 172 Å². The predicted octanol–water partition coefficient (Wildman–Crippen LogP) is 3.66. The number of amides is 1. The lowest BCUT2D eigenvalue weighted by molar-refractivity contribution is -0.121.